The molecule has 1 fully saturated rings. The Morgan fingerprint density at radius 1 is 1.37 bits per heavy atom. The molecule has 0 aromatic rings. The quantitative estimate of drug-likeness (QED) is 0.824. The van der Waals surface area contributed by atoms with Crippen LogP contribution in [0.3, 0.4) is 0 Å². The first kappa shape index (κ1) is 16.4. The summed E-state index contributed by atoms with van der Waals surface area (Å²) in [6.45, 7) is 8.09. The third-order valence-corrected chi connectivity index (χ3v) is 4.39. The molecule has 112 valence electrons. The van der Waals surface area contributed by atoms with Crippen molar-refractivity contribution in [2.75, 3.05) is 27.2 Å². The van der Waals surface area contributed by atoms with E-state index in [2.05, 4.69) is 25.7 Å². The molecular weight excluding hydrogens is 238 g/mol. The van der Waals surface area contributed by atoms with Gasteiger partial charge in [0.1, 0.15) is 0 Å². The van der Waals surface area contributed by atoms with Crippen LogP contribution >= 0.6 is 0 Å². The first-order valence-corrected chi connectivity index (χ1v) is 7.57. The van der Waals surface area contributed by atoms with Crippen molar-refractivity contribution in [1.82, 2.24) is 9.80 Å². The van der Waals surface area contributed by atoms with Crippen molar-refractivity contribution in [3.63, 3.8) is 0 Å². The van der Waals surface area contributed by atoms with E-state index in [-0.39, 0.29) is 18.0 Å². The molecule has 0 aromatic heterocycles. The molecule has 1 rings (SSSR count). The van der Waals surface area contributed by atoms with Crippen LogP contribution in [0.15, 0.2) is 0 Å². The van der Waals surface area contributed by atoms with Gasteiger partial charge in [0.15, 0.2) is 0 Å². The summed E-state index contributed by atoms with van der Waals surface area (Å²) in [6.07, 6.45) is 2.93. The highest BCUT2D eigenvalue weighted by Gasteiger charge is 2.33. The molecule has 0 heterocycles. The monoisotopic (exact) mass is 269 g/mol. The third kappa shape index (κ3) is 4.46. The van der Waals surface area contributed by atoms with Gasteiger partial charge in [0.2, 0.25) is 5.91 Å². The molecule has 0 aromatic carbocycles. The van der Waals surface area contributed by atoms with Crippen LogP contribution in [0.2, 0.25) is 0 Å². The van der Waals surface area contributed by atoms with Crippen LogP contribution in [0.4, 0.5) is 0 Å². The summed E-state index contributed by atoms with van der Waals surface area (Å²) in [6, 6.07) is 0.452. The Morgan fingerprint density at radius 3 is 2.47 bits per heavy atom. The highest BCUT2D eigenvalue weighted by atomic mass is 16.2. The Balaban J connectivity index is 2.63. The van der Waals surface area contributed by atoms with Crippen LogP contribution in [0.1, 0.15) is 40.0 Å². The molecular formula is C15H31N3O. The molecule has 0 saturated heterocycles. The number of hydrogen-bond donors (Lipinski definition) is 1. The van der Waals surface area contributed by atoms with Gasteiger partial charge in [-0.15, -0.1) is 0 Å². The molecule has 4 heteroatoms. The van der Waals surface area contributed by atoms with Gasteiger partial charge in [-0.05, 0) is 53.1 Å². The van der Waals surface area contributed by atoms with Gasteiger partial charge in [0.05, 0.1) is 0 Å². The molecule has 4 nitrogen and oxygen atoms in total. The maximum absolute atomic E-state index is 12.7. The molecule has 4 unspecified atom stereocenters. The van der Waals surface area contributed by atoms with E-state index in [1.165, 1.54) is 0 Å². The Kier molecular flexibility index (Phi) is 6.27. The summed E-state index contributed by atoms with van der Waals surface area (Å²) in [5.74, 6) is 0.994. The van der Waals surface area contributed by atoms with Gasteiger partial charge < -0.3 is 15.5 Å². The predicted octanol–water partition coefficient (Wildman–Crippen LogP) is 1.55. The topological polar surface area (TPSA) is 49.6 Å². The zero-order valence-corrected chi connectivity index (χ0v) is 13.2. The molecule has 1 amide bonds. The molecule has 1 saturated carbocycles. The van der Waals surface area contributed by atoms with Crippen molar-refractivity contribution in [1.29, 1.82) is 0 Å². The highest BCUT2D eigenvalue weighted by Crippen LogP contribution is 2.29. The standard InChI is InChI=1S/C15H31N3O/c1-6-18(12(3)10-17(4)5)15(19)13-8-7-11(2)14(16)9-13/h11-14H,6-10,16H2,1-5H3. The summed E-state index contributed by atoms with van der Waals surface area (Å²) in [5, 5.41) is 0. The lowest BCUT2D eigenvalue weighted by atomic mass is 9.79. The van der Waals surface area contributed by atoms with Crippen LogP contribution < -0.4 is 5.73 Å². The van der Waals surface area contributed by atoms with Gasteiger partial charge in [0.25, 0.3) is 0 Å². The van der Waals surface area contributed by atoms with E-state index in [1.54, 1.807) is 0 Å². The zero-order valence-electron chi connectivity index (χ0n) is 13.2. The fourth-order valence-corrected chi connectivity index (χ4v) is 3.13. The van der Waals surface area contributed by atoms with Gasteiger partial charge in [-0.2, -0.15) is 0 Å². The van der Waals surface area contributed by atoms with E-state index in [1.807, 2.05) is 19.0 Å². The van der Waals surface area contributed by atoms with E-state index in [0.29, 0.717) is 11.8 Å². The van der Waals surface area contributed by atoms with Gasteiger partial charge >= 0.3 is 0 Å². The normalized spacial score (nSPS) is 29.3. The Hall–Kier alpha value is -0.610. The zero-order chi connectivity index (χ0) is 14.6. The van der Waals surface area contributed by atoms with Crippen molar-refractivity contribution in [3.8, 4) is 0 Å². The lowest BCUT2D eigenvalue weighted by Gasteiger charge is -2.37. The number of nitrogens with zero attached hydrogens (tertiary/aromatic N) is 2. The largest absolute Gasteiger partial charge is 0.339 e. The molecule has 0 aliphatic heterocycles. The van der Waals surface area contributed by atoms with Gasteiger partial charge in [-0.25, -0.2) is 0 Å². The fourth-order valence-electron chi connectivity index (χ4n) is 3.13. The Labute approximate surface area is 118 Å². The summed E-state index contributed by atoms with van der Waals surface area (Å²) in [5.41, 5.74) is 6.13. The van der Waals surface area contributed by atoms with E-state index >= 15 is 0 Å². The van der Waals surface area contributed by atoms with Crippen molar-refractivity contribution in [2.24, 2.45) is 17.6 Å². The maximum atomic E-state index is 12.7. The maximum Gasteiger partial charge on any atom is 0.226 e. The minimum atomic E-state index is 0.135. The lowest BCUT2D eigenvalue weighted by molar-refractivity contribution is -0.139. The molecule has 0 spiro atoms. The van der Waals surface area contributed by atoms with E-state index in [4.69, 9.17) is 5.73 Å². The number of carbonyl (C=O) groups excluding carboxylic acids is 1. The predicted molar refractivity (Wildman–Crippen MR) is 79.9 cm³/mol. The number of hydrogen-bond acceptors (Lipinski definition) is 3. The minimum Gasteiger partial charge on any atom is -0.339 e. The van der Waals surface area contributed by atoms with Gasteiger partial charge in [-0.1, -0.05) is 6.92 Å². The summed E-state index contributed by atoms with van der Waals surface area (Å²) in [7, 11) is 4.10. The van der Waals surface area contributed by atoms with Gasteiger partial charge in [0, 0.05) is 31.1 Å². The Bertz CT molecular complexity index is 293. The molecule has 1 aliphatic rings. The van der Waals surface area contributed by atoms with Crippen LogP contribution in [0.25, 0.3) is 0 Å². The van der Waals surface area contributed by atoms with Crippen LogP contribution in [0.5, 0.6) is 0 Å². The smallest absolute Gasteiger partial charge is 0.226 e. The van der Waals surface area contributed by atoms with Crippen molar-refractivity contribution < 1.29 is 4.79 Å². The van der Waals surface area contributed by atoms with Gasteiger partial charge in [-0.3, -0.25) is 4.79 Å². The average molecular weight is 269 g/mol. The molecule has 4 atom stereocenters. The molecule has 0 radical (unpaired) electrons. The fraction of sp³-hybridized carbons (Fsp3) is 0.933. The second-order valence-electron chi connectivity index (χ2n) is 6.39. The Morgan fingerprint density at radius 2 is 2.00 bits per heavy atom. The molecule has 1 aliphatic carbocycles. The van der Waals surface area contributed by atoms with Crippen LogP contribution in [0, 0.1) is 11.8 Å². The van der Waals surface area contributed by atoms with Crippen molar-refractivity contribution in [3.05, 3.63) is 0 Å². The number of amides is 1. The first-order valence-electron chi connectivity index (χ1n) is 7.57. The number of likely N-dealkylation sites (N-methyl/N-ethyl adjacent to an activating group) is 2. The van der Waals surface area contributed by atoms with Crippen LogP contribution in [-0.4, -0.2) is 55.0 Å². The van der Waals surface area contributed by atoms with Crippen LogP contribution in [-0.2, 0) is 4.79 Å². The number of carbonyl (C=O) groups is 1. The first-order chi connectivity index (χ1) is 8.86. The van der Waals surface area contributed by atoms with Crippen molar-refractivity contribution in [2.45, 2.75) is 52.1 Å². The highest BCUT2D eigenvalue weighted by molar-refractivity contribution is 5.79. The lowest BCUT2D eigenvalue weighted by Crippen LogP contribution is -2.48. The summed E-state index contributed by atoms with van der Waals surface area (Å²) in [4.78, 5) is 16.8. The number of nitrogens with two attached hydrogens (primary N) is 1. The van der Waals surface area contributed by atoms with E-state index in [9.17, 15) is 4.79 Å². The second-order valence-corrected chi connectivity index (χ2v) is 6.39. The third-order valence-electron chi connectivity index (χ3n) is 4.39. The average Bonchev–Trinajstić information content (AvgIpc) is 2.32. The molecule has 2 N–H and O–H groups in total. The number of rotatable bonds is 5. The summed E-state index contributed by atoms with van der Waals surface area (Å²) >= 11 is 0. The molecule has 19 heavy (non-hydrogen) atoms. The summed E-state index contributed by atoms with van der Waals surface area (Å²) < 4.78 is 0. The second kappa shape index (κ2) is 7.25. The van der Waals surface area contributed by atoms with E-state index in [0.717, 1.165) is 32.4 Å². The minimum absolute atomic E-state index is 0.135. The van der Waals surface area contributed by atoms with E-state index < -0.39 is 0 Å². The SMILES string of the molecule is CCN(C(=O)C1CCC(C)C(N)C1)C(C)CN(C)C. The molecule has 0 bridgehead atoms. The van der Waals surface area contributed by atoms with Crippen molar-refractivity contribution >= 4 is 5.91 Å².